The van der Waals surface area contributed by atoms with E-state index in [1.54, 1.807) is 20.8 Å². The van der Waals surface area contributed by atoms with Crippen LogP contribution in [0.3, 0.4) is 0 Å². The van der Waals surface area contributed by atoms with E-state index in [1.807, 2.05) is 60.7 Å². The molecule has 0 radical (unpaired) electrons. The second kappa shape index (κ2) is 11.2. The lowest BCUT2D eigenvalue weighted by atomic mass is 10.0. The molecule has 0 aliphatic carbocycles. The quantitative estimate of drug-likeness (QED) is 0.679. The van der Waals surface area contributed by atoms with E-state index in [9.17, 15) is 14.4 Å². The molecule has 34 heavy (non-hydrogen) atoms. The fraction of sp³-hybridized carbons (Fsp3) is 0.269. The maximum atomic E-state index is 13.2. The fourth-order valence-electron chi connectivity index (χ4n) is 3.13. The van der Waals surface area contributed by atoms with Gasteiger partial charge in [0, 0.05) is 31.2 Å². The van der Waals surface area contributed by atoms with Crippen LogP contribution < -0.4 is 5.32 Å². The monoisotopic (exact) mass is 463 g/mol. The predicted octanol–water partition coefficient (Wildman–Crippen LogP) is 4.55. The lowest BCUT2D eigenvalue weighted by molar-refractivity contribution is -0.128. The van der Waals surface area contributed by atoms with Gasteiger partial charge in [-0.15, -0.1) is 0 Å². The normalized spacial score (nSPS) is 13.9. The summed E-state index contributed by atoms with van der Waals surface area (Å²) in [5, 5.41) is 2.67. The van der Waals surface area contributed by atoms with Gasteiger partial charge in [0.1, 0.15) is 18.2 Å². The number of benzene rings is 2. The number of hydrogen-bond donors (Lipinski definition) is 1. The van der Waals surface area contributed by atoms with Gasteiger partial charge in [-0.2, -0.15) is 0 Å². The van der Waals surface area contributed by atoms with Gasteiger partial charge in [0.2, 0.25) is 0 Å². The first-order valence-electron chi connectivity index (χ1n) is 10.9. The summed E-state index contributed by atoms with van der Waals surface area (Å²) in [5.74, 6) is -0.375. The van der Waals surface area contributed by atoms with Gasteiger partial charge >= 0.3 is 12.2 Å². The van der Waals surface area contributed by atoms with E-state index in [1.165, 1.54) is 34.6 Å². The van der Waals surface area contributed by atoms with Crippen LogP contribution in [0.5, 0.6) is 0 Å². The number of hydrogen-bond acceptors (Lipinski definition) is 5. The molecule has 0 fully saturated rings. The summed E-state index contributed by atoms with van der Waals surface area (Å²) in [6, 6.07) is 17.8. The Morgan fingerprint density at radius 3 is 1.91 bits per heavy atom. The maximum absolute atomic E-state index is 13.2. The smallest absolute Gasteiger partial charge is 0.418 e. The fourth-order valence-corrected chi connectivity index (χ4v) is 3.13. The molecule has 1 aliphatic heterocycles. The second-order valence-corrected chi connectivity index (χ2v) is 8.68. The number of nitrogens with one attached hydrogen (secondary N) is 1. The third-order valence-corrected chi connectivity index (χ3v) is 4.72. The van der Waals surface area contributed by atoms with Crippen molar-refractivity contribution in [3.8, 4) is 0 Å². The highest BCUT2D eigenvalue weighted by Gasteiger charge is 2.28. The van der Waals surface area contributed by atoms with Gasteiger partial charge in [-0.3, -0.25) is 14.6 Å². The van der Waals surface area contributed by atoms with E-state index < -0.39 is 23.8 Å². The molecule has 3 rings (SSSR count). The summed E-state index contributed by atoms with van der Waals surface area (Å²) in [6.45, 7) is 5.39. The van der Waals surface area contributed by atoms with Crippen molar-refractivity contribution in [1.29, 1.82) is 0 Å². The molecule has 8 heteroatoms. The SMILES string of the molecule is CC(C)(C)OC(=O)N[C@@H](Cc1ccccc1)C(=O)N1C=CN(C(=O)OCc2ccccc2)C=C1. The molecule has 1 aliphatic rings. The molecule has 0 unspecified atom stereocenters. The van der Waals surface area contributed by atoms with Crippen molar-refractivity contribution in [3.05, 3.63) is 96.6 Å². The molecule has 0 bridgehead atoms. The summed E-state index contributed by atoms with van der Waals surface area (Å²) in [6.07, 6.45) is 4.77. The molecule has 2 aromatic rings. The summed E-state index contributed by atoms with van der Waals surface area (Å²) in [5.41, 5.74) is 1.05. The van der Waals surface area contributed by atoms with Gasteiger partial charge in [0.25, 0.3) is 5.91 Å². The molecule has 2 aromatic carbocycles. The minimum atomic E-state index is -0.872. The molecule has 1 atom stereocenters. The summed E-state index contributed by atoms with van der Waals surface area (Å²) in [7, 11) is 0. The Bertz CT molecular complexity index is 1030. The van der Waals surface area contributed by atoms with Crippen LogP contribution in [0.4, 0.5) is 9.59 Å². The van der Waals surface area contributed by atoms with Crippen LogP contribution in [-0.2, 0) is 27.3 Å². The highest BCUT2D eigenvalue weighted by atomic mass is 16.6. The molecule has 0 spiro atoms. The molecule has 178 valence electrons. The van der Waals surface area contributed by atoms with Crippen LogP contribution in [0.15, 0.2) is 85.5 Å². The van der Waals surface area contributed by atoms with E-state index >= 15 is 0 Å². The molecule has 0 saturated heterocycles. The average molecular weight is 464 g/mol. The van der Waals surface area contributed by atoms with Gasteiger partial charge in [0.05, 0.1) is 0 Å². The van der Waals surface area contributed by atoms with E-state index in [0.717, 1.165) is 11.1 Å². The second-order valence-electron chi connectivity index (χ2n) is 8.68. The van der Waals surface area contributed by atoms with E-state index in [0.29, 0.717) is 0 Å². The number of alkyl carbamates (subject to hydrolysis) is 1. The Hall–Kier alpha value is -4.07. The highest BCUT2D eigenvalue weighted by Crippen LogP contribution is 2.14. The summed E-state index contributed by atoms with van der Waals surface area (Å²) >= 11 is 0. The zero-order valence-corrected chi connectivity index (χ0v) is 19.5. The van der Waals surface area contributed by atoms with Crippen LogP contribution in [0.25, 0.3) is 0 Å². The summed E-state index contributed by atoms with van der Waals surface area (Å²) < 4.78 is 10.6. The van der Waals surface area contributed by atoms with Crippen LogP contribution in [0.1, 0.15) is 31.9 Å². The van der Waals surface area contributed by atoms with Crippen molar-refractivity contribution in [3.63, 3.8) is 0 Å². The first kappa shape index (κ1) is 24.6. The van der Waals surface area contributed by atoms with Crippen molar-refractivity contribution in [1.82, 2.24) is 15.1 Å². The maximum Gasteiger partial charge on any atom is 0.418 e. The Kier molecular flexibility index (Phi) is 8.08. The zero-order chi connectivity index (χ0) is 24.6. The van der Waals surface area contributed by atoms with E-state index in [4.69, 9.17) is 9.47 Å². The highest BCUT2D eigenvalue weighted by molar-refractivity contribution is 5.88. The molecular formula is C26H29N3O5. The van der Waals surface area contributed by atoms with Gasteiger partial charge in [-0.05, 0) is 31.9 Å². The lowest BCUT2D eigenvalue weighted by Crippen LogP contribution is -2.49. The van der Waals surface area contributed by atoms with Crippen molar-refractivity contribution in [2.75, 3.05) is 0 Å². The average Bonchev–Trinajstić information content (AvgIpc) is 2.82. The molecule has 1 heterocycles. The zero-order valence-electron chi connectivity index (χ0n) is 19.5. The van der Waals surface area contributed by atoms with Crippen molar-refractivity contribution >= 4 is 18.1 Å². The third-order valence-electron chi connectivity index (χ3n) is 4.72. The van der Waals surface area contributed by atoms with E-state index in [2.05, 4.69) is 5.32 Å². The van der Waals surface area contributed by atoms with Crippen LogP contribution in [0.2, 0.25) is 0 Å². The number of carbonyl (C=O) groups excluding carboxylic acids is 3. The Balaban J connectivity index is 1.63. The predicted molar refractivity (Wildman–Crippen MR) is 127 cm³/mol. The van der Waals surface area contributed by atoms with Gasteiger partial charge < -0.3 is 14.8 Å². The number of rotatable bonds is 6. The molecule has 3 amide bonds. The lowest BCUT2D eigenvalue weighted by Gasteiger charge is -2.27. The topological polar surface area (TPSA) is 88.2 Å². The van der Waals surface area contributed by atoms with Gasteiger partial charge in [-0.25, -0.2) is 9.59 Å². The van der Waals surface area contributed by atoms with Crippen molar-refractivity contribution in [2.24, 2.45) is 0 Å². The van der Waals surface area contributed by atoms with Crippen molar-refractivity contribution < 1.29 is 23.9 Å². The minimum Gasteiger partial charge on any atom is -0.444 e. The summed E-state index contributed by atoms with van der Waals surface area (Å²) in [4.78, 5) is 40.5. The first-order valence-corrected chi connectivity index (χ1v) is 10.9. The number of nitrogens with zero attached hydrogens (tertiary/aromatic N) is 2. The van der Waals surface area contributed by atoms with E-state index in [-0.39, 0.29) is 18.9 Å². The standard InChI is InChI=1S/C26H29N3O5/c1-26(2,3)34-24(31)27-22(18-20-10-6-4-7-11-20)23(30)28-14-16-29(17-15-28)25(32)33-19-21-12-8-5-9-13-21/h4-17,22H,18-19H2,1-3H3,(H,27,31)/t22-/m0/s1. The van der Waals surface area contributed by atoms with Crippen molar-refractivity contribution in [2.45, 2.75) is 45.4 Å². The Labute approximate surface area is 199 Å². The Morgan fingerprint density at radius 1 is 0.824 bits per heavy atom. The van der Waals surface area contributed by atoms with Crippen LogP contribution in [0, 0.1) is 0 Å². The third kappa shape index (κ3) is 7.51. The van der Waals surface area contributed by atoms with Gasteiger partial charge in [-0.1, -0.05) is 60.7 Å². The molecule has 8 nitrogen and oxygen atoms in total. The molecule has 0 aromatic heterocycles. The van der Waals surface area contributed by atoms with Gasteiger partial charge in [0.15, 0.2) is 0 Å². The Morgan fingerprint density at radius 2 is 1.35 bits per heavy atom. The number of amides is 3. The minimum absolute atomic E-state index is 0.138. The number of carbonyl (C=O) groups is 3. The first-order chi connectivity index (χ1) is 16.2. The molecule has 1 N–H and O–H groups in total. The van der Waals surface area contributed by atoms with Crippen LogP contribution in [-0.4, -0.2) is 39.5 Å². The largest absolute Gasteiger partial charge is 0.444 e. The molecule has 0 saturated carbocycles. The van der Waals surface area contributed by atoms with Crippen LogP contribution >= 0.6 is 0 Å². The number of ether oxygens (including phenoxy) is 2. The molecular weight excluding hydrogens is 434 g/mol.